The molecule has 3 heteroatoms. The van der Waals surface area contributed by atoms with Gasteiger partial charge in [0.15, 0.2) is 0 Å². The smallest absolute Gasteiger partial charge is 0.141 e. The third-order valence-corrected chi connectivity index (χ3v) is 5.78. The monoisotopic (exact) mass is 396 g/mol. The van der Waals surface area contributed by atoms with Gasteiger partial charge in [0.05, 0.1) is 0 Å². The SMILES string of the molecule is CN(C)c1ccc(C(O)(c2ccc(N(C)C)cc2)c2cccc3ccccc23)cc1. The molecule has 0 aliphatic rings. The van der Waals surface area contributed by atoms with Crippen molar-refractivity contribution < 1.29 is 5.11 Å². The van der Waals surface area contributed by atoms with E-state index in [4.69, 9.17) is 0 Å². The Labute approximate surface area is 178 Å². The molecule has 0 saturated heterocycles. The van der Waals surface area contributed by atoms with Gasteiger partial charge in [0.1, 0.15) is 5.60 Å². The van der Waals surface area contributed by atoms with E-state index < -0.39 is 5.60 Å². The summed E-state index contributed by atoms with van der Waals surface area (Å²) in [6.45, 7) is 0. The highest BCUT2D eigenvalue weighted by molar-refractivity contribution is 5.87. The topological polar surface area (TPSA) is 26.7 Å². The van der Waals surface area contributed by atoms with Crippen LogP contribution in [0.3, 0.4) is 0 Å². The summed E-state index contributed by atoms with van der Waals surface area (Å²) in [7, 11) is 8.08. The van der Waals surface area contributed by atoms with Gasteiger partial charge in [-0.2, -0.15) is 0 Å². The molecule has 4 aromatic rings. The normalized spacial score (nSPS) is 11.5. The predicted octanol–water partition coefficient (Wildman–Crippen LogP) is 5.26. The van der Waals surface area contributed by atoms with Gasteiger partial charge in [0.2, 0.25) is 0 Å². The van der Waals surface area contributed by atoms with Crippen LogP contribution in [0.5, 0.6) is 0 Å². The fraction of sp³-hybridized carbons (Fsp3) is 0.185. The molecule has 0 spiro atoms. The third kappa shape index (κ3) is 3.42. The van der Waals surface area contributed by atoms with Crippen molar-refractivity contribution >= 4 is 22.1 Å². The number of hydrogen-bond donors (Lipinski definition) is 1. The van der Waals surface area contributed by atoms with Gasteiger partial charge in [-0.15, -0.1) is 0 Å². The summed E-state index contributed by atoms with van der Waals surface area (Å²) >= 11 is 0. The molecule has 30 heavy (non-hydrogen) atoms. The number of anilines is 2. The first-order chi connectivity index (χ1) is 14.4. The third-order valence-electron chi connectivity index (χ3n) is 5.78. The van der Waals surface area contributed by atoms with Crippen LogP contribution in [-0.2, 0) is 5.60 Å². The first-order valence-electron chi connectivity index (χ1n) is 10.2. The van der Waals surface area contributed by atoms with Gasteiger partial charge in [-0.05, 0) is 46.2 Å². The van der Waals surface area contributed by atoms with Gasteiger partial charge in [0.25, 0.3) is 0 Å². The van der Waals surface area contributed by atoms with Crippen molar-refractivity contribution in [2.45, 2.75) is 5.60 Å². The van der Waals surface area contributed by atoms with E-state index in [-0.39, 0.29) is 0 Å². The molecule has 0 aliphatic carbocycles. The molecule has 0 aromatic heterocycles. The van der Waals surface area contributed by atoms with Gasteiger partial charge < -0.3 is 14.9 Å². The van der Waals surface area contributed by atoms with E-state index in [2.05, 4.69) is 52.3 Å². The van der Waals surface area contributed by atoms with E-state index in [1.807, 2.05) is 76.7 Å². The van der Waals surface area contributed by atoms with E-state index in [9.17, 15) is 5.11 Å². The molecule has 0 aliphatic heterocycles. The van der Waals surface area contributed by atoms with Crippen molar-refractivity contribution in [2.75, 3.05) is 38.0 Å². The quantitative estimate of drug-likeness (QED) is 0.466. The average Bonchev–Trinajstić information content (AvgIpc) is 2.78. The molecule has 3 nitrogen and oxygen atoms in total. The zero-order chi connectivity index (χ0) is 21.3. The van der Waals surface area contributed by atoms with Crippen LogP contribution in [0.4, 0.5) is 11.4 Å². The minimum absolute atomic E-state index is 0.849. The van der Waals surface area contributed by atoms with Crippen LogP contribution in [0.1, 0.15) is 16.7 Å². The number of benzene rings is 4. The molecule has 0 heterocycles. The van der Waals surface area contributed by atoms with E-state index >= 15 is 0 Å². The highest BCUT2D eigenvalue weighted by atomic mass is 16.3. The number of nitrogens with zero attached hydrogens (tertiary/aromatic N) is 2. The Morgan fingerprint density at radius 1 is 0.567 bits per heavy atom. The summed E-state index contributed by atoms with van der Waals surface area (Å²) in [6.07, 6.45) is 0. The molecule has 0 bridgehead atoms. The van der Waals surface area contributed by atoms with Crippen LogP contribution >= 0.6 is 0 Å². The summed E-state index contributed by atoms with van der Waals surface area (Å²) in [5.41, 5.74) is 3.51. The molecule has 1 N–H and O–H groups in total. The highest BCUT2D eigenvalue weighted by Gasteiger charge is 2.35. The van der Waals surface area contributed by atoms with Crippen molar-refractivity contribution in [1.82, 2.24) is 0 Å². The fourth-order valence-electron chi connectivity index (χ4n) is 4.02. The van der Waals surface area contributed by atoms with E-state index in [0.717, 1.165) is 38.8 Å². The van der Waals surface area contributed by atoms with Crippen LogP contribution in [-0.4, -0.2) is 33.3 Å². The zero-order valence-electron chi connectivity index (χ0n) is 18.0. The lowest BCUT2D eigenvalue weighted by Gasteiger charge is -2.32. The number of rotatable bonds is 5. The lowest BCUT2D eigenvalue weighted by molar-refractivity contribution is 0.127. The van der Waals surface area contributed by atoms with Crippen molar-refractivity contribution in [3.05, 3.63) is 108 Å². The summed E-state index contributed by atoms with van der Waals surface area (Å²) in [4.78, 5) is 4.12. The van der Waals surface area contributed by atoms with E-state index in [0.29, 0.717) is 0 Å². The molecule has 4 aromatic carbocycles. The van der Waals surface area contributed by atoms with Gasteiger partial charge in [0, 0.05) is 45.1 Å². The molecule has 0 amide bonds. The molecule has 0 saturated carbocycles. The zero-order valence-corrected chi connectivity index (χ0v) is 18.0. The van der Waals surface area contributed by atoms with Crippen LogP contribution in [0, 0.1) is 0 Å². The molecule has 0 atom stereocenters. The molecule has 0 unspecified atom stereocenters. The van der Waals surface area contributed by atoms with Crippen LogP contribution in [0.15, 0.2) is 91.0 Å². The Bertz CT molecular complexity index is 1090. The maximum atomic E-state index is 12.4. The van der Waals surface area contributed by atoms with Gasteiger partial charge in [-0.1, -0.05) is 66.7 Å². The van der Waals surface area contributed by atoms with Crippen molar-refractivity contribution in [3.8, 4) is 0 Å². The second-order valence-corrected chi connectivity index (χ2v) is 8.12. The van der Waals surface area contributed by atoms with E-state index in [1.54, 1.807) is 0 Å². The second kappa shape index (κ2) is 7.85. The predicted molar refractivity (Wildman–Crippen MR) is 128 cm³/mol. The Hall–Kier alpha value is -3.30. The van der Waals surface area contributed by atoms with Crippen molar-refractivity contribution in [2.24, 2.45) is 0 Å². The number of hydrogen-bond acceptors (Lipinski definition) is 3. The Morgan fingerprint density at radius 2 is 1.03 bits per heavy atom. The molecule has 0 fully saturated rings. The summed E-state index contributed by atoms with van der Waals surface area (Å²) in [5, 5.41) is 14.5. The van der Waals surface area contributed by atoms with Crippen molar-refractivity contribution in [1.29, 1.82) is 0 Å². The molecule has 152 valence electrons. The number of aliphatic hydroxyl groups is 1. The average molecular weight is 397 g/mol. The fourth-order valence-corrected chi connectivity index (χ4v) is 4.02. The van der Waals surface area contributed by atoms with Gasteiger partial charge in [-0.25, -0.2) is 0 Å². The minimum atomic E-state index is -1.27. The van der Waals surface area contributed by atoms with Crippen LogP contribution < -0.4 is 9.80 Å². The maximum absolute atomic E-state index is 12.4. The summed E-state index contributed by atoms with van der Waals surface area (Å²) in [6, 6.07) is 30.7. The van der Waals surface area contributed by atoms with Crippen LogP contribution in [0.25, 0.3) is 10.8 Å². The first kappa shape index (κ1) is 20.0. The second-order valence-electron chi connectivity index (χ2n) is 8.12. The summed E-state index contributed by atoms with van der Waals surface area (Å²) < 4.78 is 0. The maximum Gasteiger partial charge on any atom is 0.141 e. The van der Waals surface area contributed by atoms with Gasteiger partial charge in [-0.3, -0.25) is 0 Å². The molecular formula is C27H28N2O. The van der Waals surface area contributed by atoms with Gasteiger partial charge >= 0.3 is 0 Å². The Morgan fingerprint density at radius 3 is 1.53 bits per heavy atom. The van der Waals surface area contributed by atoms with E-state index in [1.165, 1.54) is 0 Å². The van der Waals surface area contributed by atoms with Crippen molar-refractivity contribution in [3.63, 3.8) is 0 Å². The number of fused-ring (bicyclic) bond motifs is 1. The lowest BCUT2D eigenvalue weighted by Crippen LogP contribution is -2.29. The first-order valence-corrected chi connectivity index (χ1v) is 10.2. The van der Waals surface area contributed by atoms with Crippen LogP contribution in [0.2, 0.25) is 0 Å². The Kier molecular flexibility index (Phi) is 5.23. The molecule has 0 radical (unpaired) electrons. The highest BCUT2D eigenvalue weighted by Crippen LogP contribution is 2.41. The standard InChI is InChI=1S/C27H28N2O/c1-28(2)23-16-12-21(13-17-23)27(30,22-14-18-24(19-15-22)29(3)4)26-11-7-9-20-8-5-6-10-25(20)26/h5-19,30H,1-4H3. The molecule has 4 rings (SSSR count). The lowest BCUT2D eigenvalue weighted by atomic mass is 9.78. The summed E-state index contributed by atoms with van der Waals surface area (Å²) in [5.74, 6) is 0. The Balaban J connectivity index is 1.97. The minimum Gasteiger partial charge on any atom is -0.378 e. The largest absolute Gasteiger partial charge is 0.378 e. The molecular weight excluding hydrogens is 368 g/mol.